The van der Waals surface area contributed by atoms with E-state index in [-0.39, 0.29) is 0 Å². The minimum absolute atomic E-state index is 0.443. The third kappa shape index (κ3) is 1.90. The maximum Gasteiger partial charge on any atom is 0.170 e. The van der Waals surface area contributed by atoms with E-state index in [1.165, 1.54) is 0 Å². The Bertz CT molecular complexity index is 600. The van der Waals surface area contributed by atoms with Gasteiger partial charge in [-0.05, 0) is 26.0 Å². The average molecular weight is 244 g/mol. The van der Waals surface area contributed by atoms with Crippen LogP contribution in [0.25, 0.3) is 11.3 Å². The number of aldehydes is 1. The van der Waals surface area contributed by atoms with Crippen LogP contribution >= 0.6 is 0 Å². The van der Waals surface area contributed by atoms with E-state index in [2.05, 4.69) is 4.98 Å². The summed E-state index contributed by atoms with van der Waals surface area (Å²) in [6.45, 7) is 3.88. The standard InChI is InChI=1S/C14H16N2O2/c1-9-5-6-13(18-4)11(7-9)14-12(8-17)15-10(2)16(14)3/h5-8H,1-4H3. The van der Waals surface area contributed by atoms with Crippen LogP contribution in [0.15, 0.2) is 18.2 Å². The van der Waals surface area contributed by atoms with Crippen molar-refractivity contribution in [1.82, 2.24) is 9.55 Å². The van der Waals surface area contributed by atoms with E-state index >= 15 is 0 Å². The Kier molecular flexibility index (Phi) is 3.19. The molecule has 0 unspecified atom stereocenters. The van der Waals surface area contributed by atoms with Crippen molar-refractivity contribution in [3.8, 4) is 17.0 Å². The lowest BCUT2D eigenvalue weighted by Crippen LogP contribution is -1.98. The third-order valence-corrected chi connectivity index (χ3v) is 3.07. The van der Waals surface area contributed by atoms with Crippen molar-refractivity contribution in [3.05, 3.63) is 35.3 Å². The SMILES string of the molecule is COc1ccc(C)cc1-c1c(C=O)nc(C)n1C. The van der Waals surface area contributed by atoms with E-state index in [1.54, 1.807) is 7.11 Å². The predicted octanol–water partition coefficient (Wildman–Crippen LogP) is 2.53. The monoisotopic (exact) mass is 244 g/mol. The highest BCUT2D eigenvalue weighted by molar-refractivity contribution is 5.86. The summed E-state index contributed by atoms with van der Waals surface area (Å²) < 4.78 is 7.27. The molecule has 2 rings (SSSR count). The first-order valence-electron chi connectivity index (χ1n) is 5.72. The molecule has 0 aliphatic rings. The number of hydrogen-bond donors (Lipinski definition) is 0. The van der Waals surface area contributed by atoms with Crippen molar-refractivity contribution < 1.29 is 9.53 Å². The van der Waals surface area contributed by atoms with E-state index in [0.29, 0.717) is 5.69 Å². The molecule has 0 atom stereocenters. The average Bonchev–Trinajstić information content (AvgIpc) is 2.65. The lowest BCUT2D eigenvalue weighted by Gasteiger charge is -2.11. The van der Waals surface area contributed by atoms with Crippen molar-refractivity contribution in [2.45, 2.75) is 13.8 Å². The Morgan fingerprint density at radius 1 is 1.33 bits per heavy atom. The van der Waals surface area contributed by atoms with Crippen LogP contribution in [0.4, 0.5) is 0 Å². The van der Waals surface area contributed by atoms with Crippen LogP contribution in [-0.2, 0) is 7.05 Å². The highest BCUT2D eigenvalue weighted by atomic mass is 16.5. The molecular weight excluding hydrogens is 228 g/mol. The van der Waals surface area contributed by atoms with Gasteiger partial charge in [-0.2, -0.15) is 0 Å². The Hall–Kier alpha value is -2.10. The topological polar surface area (TPSA) is 44.1 Å². The summed E-state index contributed by atoms with van der Waals surface area (Å²) in [5, 5.41) is 0. The number of ether oxygens (including phenoxy) is 1. The van der Waals surface area contributed by atoms with Gasteiger partial charge < -0.3 is 9.30 Å². The minimum Gasteiger partial charge on any atom is -0.496 e. The fourth-order valence-corrected chi connectivity index (χ4v) is 2.04. The minimum atomic E-state index is 0.443. The van der Waals surface area contributed by atoms with Gasteiger partial charge in [0, 0.05) is 12.6 Å². The maximum absolute atomic E-state index is 11.1. The van der Waals surface area contributed by atoms with Crippen molar-refractivity contribution in [1.29, 1.82) is 0 Å². The summed E-state index contributed by atoms with van der Waals surface area (Å²) in [4.78, 5) is 15.4. The molecule has 4 heteroatoms. The van der Waals surface area contributed by atoms with Gasteiger partial charge in [-0.15, -0.1) is 0 Å². The van der Waals surface area contributed by atoms with Crippen molar-refractivity contribution in [2.75, 3.05) is 7.11 Å². The molecule has 0 bridgehead atoms. The van der Waals surface area contributed by atoms with Crippen LogP contribution in [0.5, 0.6) is 5.75 Å². The summed E-state index contributed by atoms with van der Waals surface area (Å²) in [6.07, 6.45) is 0.782. The number of carbonyl (C=O) groups is 1. The van der Waals surface area contributed by atoms with Crippen molar-refractivity contribution >= 4 is 6.29 Å². The molecule has 2 aromatic rings. The summed E-state index contributed by atoms with van der Waals surface area (Å²) >= 11 is 0. The Labute approximate surface area is 106 Å². The van der Waals surface area contributed by atoms with Gasteiger partial charge in [0.05, 0.1) is 12.8 Å². The molecule has 1 aromatic heterocycles. The molecule has 0 aliphatic heterocycles. The predicted molar refractivity (Wildman–Crippen MR) is 70.1 cm³/mol. The van der Waals surface area contributed by atoms with Crippen LogP contribution in [0.1, 0.15) is 21.9 Å². The zero-order chi connectivity index (χ0) is 13.3. The van der Waals surface area contributed by atoms with Crippen molar-refractivity contribution in [3.63, 3.8) is 0 Å². The van der Waals surface area contributed by atoms with Crippen LogP contribution in [0.2, 0.25) is 0 Å². The molecule has 94 valence electrons. The van der Waals surface area contributed by atoms with Crippen LogP contribution in [0, 0.1) is 13.8 Å². The van der Waals surface area contributed by atoms with Gasteiger partial charge in [-0.3, -0.25) is 4.79 Å². The van der Waals surface area contributed by atoms with Crippen molar-refractivity contribution in [2.24, 2.45) is 7.05 Å². The molecule has 18 heavy (non-hydrogen) atoms. The summed E-state index contributed by atoms with van der Waals surface area (Å²) in [6, 6.07) is 5.88. The Balaban J connectivity index is 2.75. The normalized spacial score (nSPS) is 10.4. The molecule has 0 radical (unpaired) electrons. The molecule has 0 N–H and O–H groups in total. The van der Waals surface area contributed by atoms with E-state index < -0.39 is 0 Å². The van der Waals surface area contributed by atoms with Gasteiger partial charge in [0.2, 0.25) is 0 Å². The number of aryl methyl sites for hydroxylation is 2. The second-order valence-electron chi connectivity index (χ2n) is 4.27. The second-order valence-corrected chi connectivity index (χ2v) is 4.27. The summed E-state index contributed by atoms with van der Waals surface area (Å²) in [7, 11) is 3.52. The Morgan fingerprint density at radius 2 is 2.06 bits per heavy atom. The first-order chi connectivity index (χ1) is 8.58. The number of carbonyl (C=O) groups excluding carboxylic acids is 1. The molecule has 0 spiro atoms. The molecule has 0 fully saturated rings. The van der Waals surface area contributed by atoms with Crippen LogP contribution in [0.3, 0.4) is 0 Å². The van der Waals surface area contributed by atoms with E-state index in [0.717, 1.165) is 34.7 Å². The number of nitrogens with zero attached hydrogens (tertiary/aromatic N) is 2. The number of hydrogen-bond acceptors (Lipinski definition) is 3. The number of rotatable bonds is 3. The highest BCUT2D eigenvalue weighted by Crippen LogP contribution is 2.32. The van der Waals surface area contributed by atoms with Gasteiger partial charge >= 0.3 is 0 Å². The zero-order valence-electron chi connectivity index (χ0n) is 11.0. The van der Waals surface area contributed by atoms with E-state index in [9.17, 15) is 4.79 Å². The largest absolute Gasteiger partial charge is 0.496 e. The molecule has 0 aliphatic carbocycles. The maximum atomic E-state index is 11.1. The van der Waals surface area contributed by atoms with Crippen LogP contribution in [-0.4, -0.2) is 22.9 Å². The fourth-order valence-electron chi connectivity index (χ4n) is 2.04. The first kappa shape index (κ1) is 12.4. The fraction of sp³-hybridized carbons (Fsp3) is 0.286. The lowest BCUT2D eigenvalue weighted by atomic mass is 10.1. The summed E-state index contributed by atoms with van der Waals surface area (Å²) in [5.74, 6) is 1.54. The summed E-state index contributed by atoms with van der Waals surface area (Å²) in [5.41, 5.74) is 3.24. The highest BCUT2D eigenvalue weighted by Gasteiger charge is 2.17. The van der Waals surface area contributed by atoms with Gasteiger partial charge in [-0.1, -0.05) is 11.6 Å². The number of aromatic nitrogens is 2. The van der Waals surface area contributed by atoms with Gasteiger partial charge in [0.15, 0.2) is 6.29 Å². The van der Waals surface area contributed by atoms with Gasteiger partial charge in [0.25, 0.3) is 0 Å². The molecular formula is C14H16N2O2. The first-order valence-corrected chi connectivity index (χ1v) is 5.72. The molecule has 1 aromatic carbocycles. The molecule has 0 saturated heterocycles. The number of benzene rings is 1. The number of methoxy groups -OCH3 is 1. The quantitative estimate of drug-likeness (QED) is 0.779. The third-order valence-electron chi connectivity index (χ3n) is 3.07. The van der Waals surface area contributed by atoms with Gasteiger partial charge in [0.1, 0.15) is 17.3 Å². The smallest absolute Gasteiger partial charge is 0.170 e. The zero-order valence-corrected chi connectivity index (χ0v) is 11.0. The van der Waals surface area contributed by atoms with E-state index in [4.69, 9.17) is 4.74 Å². The number of imidazole rings is 1. The Morgan fingerprint density at radius 3 is 2.67 bits per heavy atom. The van der Waals surface area contributed by atoms with Gasteiger partial charge in [-0.25, -0.2) is 4.98 Å². The second kappa shape index (κ2) is 4.64. The molecule has 4 nitrogen and oxygen atoms in total. The van der Waals surface area contributed by atoms with Crippen LogP contribution < -0.4 is 4.74 Å². The molecule has 0 saturated carbocycles. The van der Waals surface area contributed by atoms with E-state index in [1.807, 2.05) is 43.7 Å². The molecule has 1 heterocycles. The lowest BCUT2D eigenvalue weighted by molar-refractivity contribution is 0.112. The molecule has 0 amide bonds.